The minimum absolute atomic E-state index is 0.224. The van der Waals surface area contributed by atoms with Crippen LogP contribution < -0.4 is 21.3 Å². The first kappa shape index (κ1) is 25.5. The third kappa shape index (κ3) is 5.44. The van der Waals surface area contributed by atoms with E-state index in [4.69, 9.17) is 4.74 Å². The molecule has 7 heteroatoms. The van der Waals surface area contributed by atoms with Crippen LogP contribution in [-0.4, -0.2) is 28.8 Å². The fraction of sp³-hybridized carbons (Fsp3) is 0.414. The Morgan fingerprint density at radius 1 is 1.08 bits per heavy atom. The van der Waals surface area contributed by atoms with Crippen molar-refractivity contribution in [2.75, 3.05) is 13.7 Å². The van der Waals surface area contributed by atoms with Crippen molar-refractivity contribution in [3.05, 3.63) is 98.3 Å². The summed E-state index contributed by atoms with van der Waals surface area (Å²) in [6.07, 6.45) is 5.64. The predicted octanol–water partition coefficient (Wildman–Crippen LogP) is 3.76. The Bertz CT molecular complexity index is 1330. The second-order valence-electron chi connectivity index (χ2n) is 9.64. The molecule has 4 rings (SSSR count). The number of ether oxygens (including phenoxy) is 1. The fourth-order valence-electron chi connectivity index (χ4n) is 5.23. The van der Waals surface area contributed by atoms with E-state index in [1.807, 2.05) is 54.6 Å². The van der Waals surface area contributed by atoms with Gasteiger partial charge in [0.05, 0.1) is 25.1 Å². The van der Waals surface area contributed by atoms with Crippen LogP contribution >= 0.6 is 0 Å². The van der Waals surface area contributed by atoms with Crippen LogP contribution in [0, 0.1) is 18.3 Å². The van der Waals surface area contributed by atoms with E-state index in [-0.39, 0.29) is 11.2 Å². The maximum Gasteiger partial charge on any atom is 0.331 e. The van der Waals surface area contributed by atoms with Gasteiger partial charge in [0, 0.05) is 29.9 Å². The largest absolute Gasteiger partial charge is 0.496 e. The van der Waals surface area contributed by atoms with Gasteiger partial charge in [0.15, 0.2) is 0 Å². The summed E-state index contributed by atoms with van der Waals surface area (Å²) in [5.41, 5.74) is 1.53. The van der Waals surface area contributed by atoms with E-state index in [9.17, 15) is 14.9 Å². The summed E-state index contributed by atoms with van der Waals surface area (Å²) in [7, 11) is 1.65. The van der Waals surface area contributed by atoms with Gasteiger partial charge in [-0.3, -0.25) is 13.9 Å². The van der Waals surface area contributed by atoms with Gasteiger partial charge in [-0.2, -0.15) is 5.26 Å². The Morgan fingerprint density at radius 2 is 1.78 bits per heavy atom. The van der Waals surface area contributed by atoms with Crippen LogP contribution in [0.15, 0.2) is 70.4 Å². The number of nitrogens with one attached hydrogen (secondary N) is 1. The molecule has 7 nitrogen and oxygen atoms in total. The van der Waals surface area contributed by atoms with Gasteiger partial charge >= 0.3 is 5.69 Å². The molecule has 0 amide bonds. The van der Waals surface area contributed by atoms with Crippen LogP contribution in [0.4, 0.5) is 0 Å². The topological polar surface area (TPSA) is 89.0 Å². The van der Waals surface area contributed by atoms with Crippen LogP contribution in [0.1, 0.15) is 48.8 Å². The van der Waals surface area contributed by atoms with Gasteiger partial charge in [-0.1, -0.05) is 48.5 Å². The lowest BCUT2D eigenvalue weighted by Gasteiger charge is -2.36. The Labute approximate surface area is 212 Å². The number of benzene rings is 2. The molecule has 0 saturated heterocycles. The molecule has 0 spiro atoms. The summed E-state index contributed by atoms with van der Waals surface area (Å²) in [5.74, 6) is 0.770. The van der Waals surface area contributed by atoms with Crippen molar-refractivity contribution < 1.29 is 4.74 Å². The Balaban J connectivity index is 1.34. The zero-order valence-electron chi connectivity index (χ0n) is 21.1. The molecule has 2 aromatic carbocycles. The summed E-state index contributed by atoms with van der Waals surface area (Å²) in [6.45, 7) is 3.27. The standard InChI is InChI=1S/C29H34N4O3/c1-22-19-32(20-23-9-4-3-5-10-23)28(35)33(27(22)34)18-8-17-31-24-13-15-29(21-30,16-14-24)25-11-6-7-12-26(25)36-2/h3-7,9-12,19,24,31H,8,13-18,20H2,1-2H3. The summed E-state index contributed by atoms with van der Waals surface area (Å²) in [4.78, 5) is 25.7. The maximum absolute atomic E-state index is 13.0. The van der Waals surface area contributed by atoms with E-state index in [1.54, 1.807) is 24.8 Å². The van der Waals surface area contributed by atoms with Crippen LogP contribution in [-0.2, 0) is 18.5 Å². The number of methoxy groups -OCH3 is 1. The lowest BCUT2D eigenvalue weighted by Crippen LogP contribution is -2.42. The minimum Gasteiger partial charge on any atom is -0.496 e. The predicted molar refractivity (Wildman–Crippen MR) is 140 cm³/mol. The molecule has 1 aromatic heterocycles. The van der Waals surface area contributed by atoms with Crippen molar-refractivity contribution in [2.24, 2.45) is 0 Å². The average molecular weight is 487 g/mol. The smallest absolute Gasteiger partial charge is 0.331 e. The second-order valence-corrected chi connectivity index (χ2v) is 9.64. The normalized spacial score (nSPS) is 19.5. The van der Waals surface area contributed by atoms with Crippen LogP contribution in [0.5, 0.6) is 5.75 Å². The molecule has 1 fully saturated rings. The van der Waals surface area contributed by atoms with Crippen molar-refractivity contribution in [3.63, 3.8) is 0 Å². The van der Waals surface area contributed by atoms with Gasteiger partial charge in [-0.25, -0.2) is 4.79 Å². The van der Waals surface area contributed by atoms with Crippen molar-refractivity contribution in [1.29, 1.82) is 5.26 Å². The highest BCUT2D eigenvalue weighted by molar-refractivity contribution is 5.44. The van der Waals surface area contributed by atoms with Gasteiger partial charge in [0.25, 0.3) is 5.56 Å². The van der Waals surface area contributed by atoms with Crippen molar-refractivity contribution in [1.82, 2.24) is 14.5 Å². The molecule has 36 heavy (non-hydrogen) atoms. The molecule has 0 aliphatic heterocycles. The molecule has 1 aliphatic carbocycles. The number of nitriles is 1. The third-order valence-corrected chi connectivity index (χ3v) is 7.27. The highest BCUT2D eigenvalue weighted by atomic mass is 16.5. The van der Waals surface area contributed by atoms with E-state index < -0.39 is 5.41 Å². The zero-order valence-corrected chi connectivity index (χ0v) is 21.1. The maximum atomic E-state index is 13.0. The molecule has 1 N–H and O–H groups in total. The van der Waals surface area contributed by atoms with Crippen LogP contribution in [0.3, 0.4) is 0 Å². The van der Waals surface area contributed by atoms with Crippen LogP contribution in [0.2, 0.25) is 0 Å². The number of rotatable bonds is 9. The molecule has 3 aromatic rings. The van der Waals surface area contributed by atoms with E-state index in [2.05, 4.69) is 11.4 Å². The third-order valence-electron chi connectivity index (χ3n) is 7.27. The Kier molecular flexibility index (Phi) is 8.07. The van der Waals surface area contributed by atoms with Gasteiger partial charge in [0.2, 0.25) is 0 Å². The number of aryl methyl sites for hydroxylation is 1. The van der Waals surface area contributed by atoms with Gasteiger partial charge in [-0.05, 0) is 57.2 Å². The highest BCUT2D eigenvalue weighted by Crippen LogP contribution is 2.42. The van der Waals surface area contributed by atoms with E-state index in [0.29, 0.717) is 37.7 Å². The monoisotopic (exact) mass is 486 g/mol. The first-order chi connectivity index (χ1) is 17.5. The second kappa shape index (κ2) is 11.4. The summed E-state index contributed by atoms with van der Waals surface area (Å²) in [5, 5.41) is 13.6. The molecule has 1 saturated carbocycles. The molecule has 0 atom stereocenters. The van der Waals surface area contributed by atoms with Gasteiger partial charge in [-0.15, -0.1) is 0 Å². The number of nitrogens with zero attached hydrogens (tertiary/aromatic N) is 3. The number of aromatic nitrogens is 2. The van der Waals surface area contributed by atoms with Gasteiger partial charge in [0.1, 0.15) is 5.75 Å². The lowest BCUT2D eigenvalue weighted by atomic mass is 9.69. The average Bonchev–Trinajstić information content (AvgIpc) is 2.92. The molecule has 1 aliphatic rings. The molecule has 188 valence electrons. The van der Waals surface area contributed by atoms with Crippen molar-refractivity contribution >= 4 is 0 Å². The molecular formula is C29H34N4O3. The first-order valence-electron chi connectivity index (χ1n) is 12.6. The van der Waals surface area contributed by atoms with Gasteiger partial charge < -0.3 is 10.1 Å². The Morgan fingerprint density at radius 3 is 2.47 bits per heavy atom. The Hall–Kier alpha value is -3.63. The highest BCUT2D eigenvalue weighted by Gasteiger charge is 2.38. The zero-order chi connectivity index (χ0) is 25.5. The molecular weight excluding hydrogens is 452 g/mol. The number of hydrogen-bond acceptors (Lipinski definition) is 5. The summed E-state index contributed by atoms with van der Waals surface area (Å²) in [6, 6.07) is 20.5. The molecule has 0 bridgehead atoms. The molecule has 1 heterocycles. The number of para-hydroxylation sites is 1. The van der Waals surface area contributed by atoms with Crippen molar-refractivity contribution in [2.45, 2.75) is 63.6 Å². The molecule has 0 radical (unpaired) electrons. The number of hydrogen-bond donors (Lipinski definition) is 1. The first-order valence-corrected chi connectivity index (χ1v) is 12.6. The summed E-state index contributed by atoms with van der Waals surface area (Å²) < 4.78 is 8.48. The minimum atomic E-state index is -0.524. The quantitative estimate of drug-likeness (QED) is 0.465. The van der Waals surface area contributed by atoms with E-state index >= 15 is 0 Å². The lowest BCUT2D eigenvalue weighted by molar-refractivity contribution is 0.286. The summed E-state index contributed by atoms with van der Waals surface area (Å²) >= 11 is 0. The van der Waals surface area contributed by atoms with E-state index in [0.717, 1.165) is 42.6 Å². The van der Waals surface area contributed by atoms with Crippen molar-refractivity contribution in [3.8, 4) is 11.8 Å². The van der Waals surface area contributed by atoms with E-state index in [1.165, 1.54) is 4.57 Å². The molecule has 0 unspecified atom stereocenters. The SMILES string of the molecule is COc1ccccc1C1(C#N)CCC(NCCCn2c(=O)c(C)cn(Cc3ccccc3)c2=O)CC1. The van der Waals surface area contributed by atoms with Crippen LogP contribution in [0.25, 0.3) is 0 Å². The fourth-order valence-corrected chi connectivity index (χ4v) is 5.23.